The van der Waals surface area contributed by atoms with Crippen LogP contribution in [0.25, 0.3) is 16.4 Å². The van der Waals surface area contributed by atoms with E-state index in [4.69, 9.17) is 14.5 Å². The zero-order valence-electron chi connectivity index (χ0n) is 34.3. The second-order valence-corrected chi connectivity index (χ2v) is 17.0. The Bertz CT molecular complexity index is 2620. The molecule has 1 saturated carbocycles. The van der Waals surface area contributed by atoms with Crippen molar-refractivity contribution in [2.45, 2.75) is 81.8 Å². The van der Waals surface area contributed by atoms with Crippen LogP contribution in [0, 0.1) is 17.8 Å². The van der Waals surface area contributed by atoms with Crippen LogP contribution in [0.2, 0.25) is 0 Å². The van der Waals surface area contributed by atoms with Gasteiger partial charge in [-0.2, -0.15) is 10.2 Å². The number of carbonyl (C=O) groups is 3. The average Bonchev–Trinajstić information content (AvgIpc) is 4.11. The normalized spacial score (nSPS) is 25.2. The van der Waals surface area contributed by atoms with E-state index in [1.807, 2.05) is 24.3 Å². The number of nitrogens with zero attached hydrogens (tertiary/aromatic N) is 9. The predicted molar refractivity (Wildman–Crippen MR) is 224 cm³/mol. The van der Waals surface area contributed by atoms with Gasteiger partial charge in [-0.3, -0.25) is 34.4 Å². The number of ether oxygens (including phenoxy) is 2. The number of anilines is 3. The predicted octanol–water partition coefficient (Wildman–Crippen LogP) is 5.30. The van der Waals surface area contributed by atoms with Crippen molar-refractivity contribution in [1.82, 2.24) is 39.6 Å². The van der Waals surface area contributed by atoms with Gasteiger partial charge in [-0.1, -0.05) is 24.0 Å². The largest absolute Gasteiger partial charge is 0.374 e. The fraction of sp³-hybridized carbons (Fsp3) is 0.477. The number of benzene rings is 1. The molecule has 2 bridgehead atoms. The molecule has 16 nitrogen and oxygen atoms in total. The van der Waals surface area contributed by atoms with Crippen LogP contribution >= 0.6 is 0 Å². The molecule has 8 heterocycles. The van der Waals surface area contributed by atoms with E-state index in [1.165, 1.54) is 21.8 Å². The highest BCUT2D eigenvalue weighted by molar-refractivity contribution is 6.10. The second-order valence-electron chi connectivity index (χ2n) is 17.0. The van der Waals surface area contributed by atoms with Gasteiger partial charge in [0.1, 0.15) is 24.2 Å². The number of hydrogen-bond acceptors (Lipinski definition) is 11. The van der Waals surface area contributed by atoms with Gasteiger partial charge >= 0.3 is 6.03 Å². The third kappa shape index (κ3) is 8.30. The van der Waals surface area contributed by atoms with Crippen molar-refractivity contribution in [3.8, 4) is 11.8 Å². The van der Waals surface area contributed by atoms with E-state index in [1.54, 1.807) is 23.3 Å². The molecule has 4 atom stereocenters. The molecule has 5 fully saturated rings. The van der Waals surface area contributed by atoms with Gasteiger partial charge in [0.15, 0.2) is 11.3 Å². The first-order chi connectivity index (χ1) is 30.6. The van der Waals surface area contributed by atoms with E-state index in [0.717, 1.165) is 43.1 Å². The number of fused-ring (bicyclic) bond motifs is 4. The molecule has 4 aromatic heterocycles. The first-order valence-corrected chi connectivity index (χ1v) is 21.5. The minimum atomic E-state index is -2.89. The smallest absolute Gasteiger partial charge is 0.328 e. The molecule has 1 aromatic carbocycles. The fourth-order valence-electron chi connectivity index (χ4n) is 9.73. The van der Waals surface area contributed by atoms with Crippen molar-refractivity contribution in [3.63, 3.8) is 0 Å². The van der Waals surface area contributed by atoms with Crippen molar-refractivity contribution in [2.24, 2.45) is 5.92 Å². The highest BCUT2D eigenvalue weighted by Gasteiger charge is 2.40. The number of morpholine rings is 1. The number of halogens is 3. The number of hydrogen-bond donors (Lipinski definition) is 2. The van der Waals surface area contributed by atoms with Gasteiger partial charge in [0, 0.05) is 74.1 Å². The third-order valence-electron chi connectivity index (χ3n) is 13.0. The maximum Gasteiger partial charge on any atom is 0.328 e. The number of nitrogens with one attached hydrogen (secondary N) is 2. The number of piperidine rings is 1. The highest BCUT2D eigenvalue weighted by Crippen LogP contribution is 2.37. The summed E-state index contributed by atoms with van der Waals surface area (Å²) < 4.78 is 58.7. The number of aromatic nitrogens is 6. The van der Waals surface area contributed by atoms with Crippen LogP contribution in [0.1, 0.15) is 79.0 Å². The molecule has 0 spiro atoms. The first kappa shape index (κ1) is 40.9. The lowest BCUT2D eigenvalue weighted by Gasteiger charge is -2.38. The second kappa shape index (κ2) is 17.2. The molecule has 2 N–H and O–H groups in total. The number of rotatable bonds is 10. The van der Waals surface area contributed by atoms with Gasteiger partial charge < -0.3 is 19.7 Å². The number of urea groups is 1. The lowest BCUT2D eigenvalue weighted by Crippen LogP contribution is -2.49. The number of pyridine rings is 1. The van der Waals surface area contributed by atoms with E-state index in [9.17, 15) is 23.2 Å². The Morgan fingerprint density at radius 3 is 2.68 bits per heavy atom. The van der Waals surface area contributed by atoms with E-state index in [0.29, 0.717) is 61.0 Å². The van der Waals surface area contributed by atoms with E-state index in [2.05, 4.69) is 47.5 Å². The maximum atomic E-state index is 15.4. The number of imide groups is 1. The van der Waals surface area contributed by atoms with Crippen LogP contribution in [0.4, 0.5) is 35.2 Å². The Balaban J connectivity index is 0.705. The molecule has 19 heteroatoms. The summed E-state index contributed by atoms with van der Waals surface area (Å²) in [6.45, 7) is 3.33. The van der Waals surface area contributed by atoms with Gasteiger partial charge in [0.25, 0.3) is 12.3 Å². The molecule has 63 heavy (non-hydrogen) atoms. The Morgan fingerprint density at radius 2 is 1.90 bits per heavy atom. The Hall–Kier alpha value is -6.10. The summed E-state index contributed by atoms with van der Waals surface area (Å²) in [5.74, 6) is 6.26. The van der Waals surface area contributed by atoms with Gasteiger partial charge in [-0.05, 0) is 56.6 Å². The molecule has 4 amide bonds. The Morgan fingerprint density at radius 1 is 1.03 bits per heavy atom. The van der Waals surface area contributed by atoms with Crippen LogP contribution < -0.4 is 20.4 Å². The van der Waals surface area contributed by atoms with Gasteiger partial charge in [-0.15, -0.1) is 0 Å². The molecule has 4 aliphatic heterocycles. The molecule has 4 saturated heterocycles. The van der Waals surface area contributed by atoms with Crippen molar-refractivity contribution < 1.29 is 37.0 Å². The zero-order valence-corrected chi connectivity index (χ0v) is 34.3. The van der Waals surface area contributed by atoms with Crippen molar-refractivity contribution in [3.05, 3.63) is 72.1 Å². The van der Waals surface area contributed by atoms with Crippen molar-refractivity contribution in [2.75, 3.05) is 61.1 Å². The summed E-state index contributed by atoms with van der Waals surface area (Å²) in [4.78, 5) is 52.5. The molecular weight excluding hydrogens is 820 g/mol. The van der Waals surface area contributed by atoms with Crippen LogP contribution in [-0.2, 0) is 14.3 Å². The number of likely N-dealkylation sites (tertiary alicyclic amines) is 1. The summed E-state index contributed by atoms with van der Waals surface area (Å²) in [7, 11) is 0. The summed E-state index contributed by atoms with van der Waals surface area (Å²) in [6, 6.07) is 7.04. The van der Waals surface area contributed by atoms with Gasteiger partial charge in [0.2, 0.25) is 5.91 Å². The minimum absolute atomic E-state index is 0.0449. The summed E-state index contributed by atoms with van der Waals surface area (Å²) in [5, 5.41) is 15.1. The molecule has 328 valence electrons. The first-order valence-electron chi connectivity index (χ1n) is 21.5. The van der Waals surface area contributed by atoms with Gasteiger partial charge in [0.05, 0.1) is 54.7 Å². The molecular formula is C44H46F3N11O5. The molecule has 1 aliphatic carbocycles. The number of alkyl halides is 3. The van der Waals surface area contributed by atoms with Crippen molar-refractivity contribution >= 4 is 51.5 Å². The average molecular weight is 866 g/mol. The van der Waals surface area contributed by atoms with Gasteiger partial charge in [-0.25, -0.2) is 27.5 Å². The van der Waals surface area contributed by atoms with Crippen LogP contribution in [-0.4, -0.2) is 122 Å². The van der Waals surface area contributed by atoms with Crippen LogP contribution in [0.3, 0.4) is 0 Å². The lowest BCUT2D eigenvalue weighted by molar-refractivity contribution is -0.120. The van der Waals surface area contributed by atoms with Crippen LogP contribution in [0.15, 0.2) is 55.2 Å². The fourth-order valence-corrected chi connectivity index (χ4v) is 9.73. The van der Waals surface area contributed by atoms with Crippen LogP contribution in [0.5, 0.6) is 0 Å². The minimum Gasteiger partial charge on any atom is -0.374 e. The SMILES string of the molecule is O=C1CCN(c2cncc3c(C#CCO[C@H]4CCN(C[C@H]5CC[C@H](n6cc(NC(=O)c7cnn8ccc(N9C[C@H]%10C[C@@H]9CO%10)nc78)c(C(F)F)n6)CC5)C[C@H]4F)cccc23)C(=O)N1. The lowest BCUT2D eigenvalue weighted by atomic mass is 9.85. The summed E-state index contributed by atoms with van der Waals surface area (Å²) in [6.07, 6.45) is 8.17. The van der Waals surface area contributed by atoms with E-state index >= 15 is 4.39 Å². The summed E-state index contributed by atoms with van der Waals surface area (Å²) in [5.41, 5.74) is 1.25. The Kier molecular flexibility index (Phi) is 11.2. The molecule has 5 aromatic rings. The highest BCUT2D eigenvalue weighted by atomic mass is 19.3. The molecule has 0 radical (unpaired) electrons. The quantitative estimate of drug-likeness (QED) is 0.175. The van der Waals surface area contributed by atoms with Crippen molar-refractivity contribution in [1.29, 1.82) is 0 Å². The number of amides is 4. The summed E-state index contributed by atoms with van der Waals surface area (Å²) >= 11 is 0. The van der Waals surface area contributed by atoms with E-state index < -0.39 is 36.3 Å². The molecule has 10 rings (SSSR count). The molecule has 5 aliphatic rings. The molecule has 0 unspecified atom stereocenters. The monoisotopic (exact) mass is 865 g/mol. The zero-order chi connectivity index (χ0) is 43.2. The standard InChI is InChI=1S/C44H46F3N11O5/c45-34-23-54(13-10-37(34)62-16-2-4-27-3-1-5-31-32(27)18-48-20-36(31)55-14-12-39(59)52-44(55)61)21-26-6-8-28(9-7-26)58-24-35(40(53-58)41(46)47)50-43(60)33-19-49-57-15-11-38(51-42(33)57)56-22-30-17-29(56)25-63-30/h1,3,5,11,15,18-20,24,26,28-30,34,37,41H,6-10,12-14,16-17,21-23,25H2,(H,50,60)(H,52,59,61)/t26-,28-,29-,30-,34-,37+/m1/s1. The van der Waals surface area contributed by atoms with E-state index in [-0.39, 0.29) is 61.5 Å². The number of carbonyl (C=O) groups excluding carboxylic acids is 3. The topological polar surface area (TPSA) is 164 Å². The maximum absolute atomic E-state index is 15.4. The Labute approximate surface area is 360 Å². The third-order valence-corrected chi connectivity index (χ3v) is 13.0.